The van der Waals surface area contributed by atoms with Gasteiger partial charge in [-0.25, -0.2) is 4.98 Å². The van der Waals surface area contributed by atoms with Crippen molar-refractivity contribution in [1.29, 1.82) is 0 Å². The van der Waals surface area contributed by atoms with Crippen molar-refractivity contribution in [3.63, 3.8) is 0 Å². The van der Waals surface area contributed by atoms with Gasteiger partial charge in [-0.2, -0.15) is 0 Å². The van der Waals surface area contributed by atoms with E-state index in [1.165, 1.54) is 32.4 Å². The zero-order valence-electron chi connectivity index (χ0n) is 11.4. The molecular formula is C14H22N4S. The molecule has 1 aromatic rings. The first-order valence-electron chi connectivity index (χ1n) is 6.90. The van der Waals surface area contributed by atoms with Gasteiger partial charge in [-0.05, 0) is 45.0 Å². The first-order chi connectivity index (χ1) is 9.16. The van der Waals surface area contributed by atoms with Gasteiger partial charge >= 0.3 is 0 Å². The van der Waals surface area contributed by atoms with Crippen LogP contribution in [0.4, 0.5) is 5.82 Å². The SMILES string of the molecule is CC(CNc1cc(C(N)=S)ccn1)N1CCCCC1. The molecule has 4 nitrogen and oxygen atoms in total. The van der Waals surface area contributed by atoms with Gasteiger partial charge in [0.2, 0.25) is 0 Å². The van der Waals surface area contributed by atoms with E-state index in [2.05, 4.69) is 22.1 Å². The molecule has 0 aromatic carbocycles. The average molecular weight is 278 g/mol. The highest BCUT2D eigenvalue weighted by molar-refractivity contribution is 7.80. The molecule has 2 rings (SSSR count). The Hall–Kier alpha value is -1.20. The van der Waals surface area contributed by atoms with Crippen molar-refractivity contribution in [2.75, 3.05) is 25.0 Å². The van der Waals surface area contributed by atoms with Crippen molar-refractivity contribution in [3.8, 4) is 0 Å². The van der Waals surface area contributed by atoms with Crippen molar-refractivity contribution < 1.29 is 0 Å². The summed E-state index contributed by atoms with van der Waals surface area (Å²) in [4.78, 5) is 7.24. The Balaban J connectivity index is 1.87. The molecule has 0 aliphatic carbocycles. The number of rotatable bonds is 5. The number of hydrogen-bond acceptors (Lipinski definition) is 4. The van der Waals surface area contributed by atoms with E-state index in [9.17, 15) is 0 Å². The minimum absolute atomic E-state index is 0.412. The van der Waals surface area contributed by atoms with Gasteiger partial charge in [-0.1, -0.05) is 18.6 Å². The second kappa shape index (κ2) is 6.82. The molecule has 1 aromatic heterocycles. The number of pyridine rings is 1. The summed E-state index contributed by atoms with van der Waals surface area (Å²) in [6, 6.07) is 4.27. The largest absolute Gasteiger partial charge is 0.389 e. The van der Waals surface area contributed by atoms with Crippen LogP contribution in [0.5, 0.6) is 0 Å². The van der Waals surface area contributed by atoms with Crippen LogP contribution in [-0.4, -0.2) is 40.5 Å². The molecule has 1 fully saturated rings. The Morgan fingerprint density at radius 2 is 2.21 bits per heavy atom. The van der Waals surface area contributed by atoms with Crippen molar-refractivity contribution in [2.45, 2.75) is 32.2 Å². The van der Waals surface area contributed by atoms with Gasteiger partial charge < -0.3 is 11.1 Å². The highest BCUT2D eigenvalue weighted by atomic mass is 32.1. The van der Waals surface area contributed by atoms with Crippen molar-refractivity contribution >= 4 is 23.0 Å². The smallest absolute Gasteiger partial charge is 0.126 e. The highest BCUT2D eigenvalue weighted by Gasteiger charge is 2.16. The van der Waals surface area contributed by atoms with Crippen LogP contribution in [0.3, 0.4) is 0 Å². The summed E-state index contributed by atoms with van der Waals surface area (Å²) in [7, 11) is 0. The fourth-order valence-electron chi connectivity index (χ4n) is 2.42. The Kier molecular flexibility index (Phi) is 5.10. The van der Waals surface area contributed by atoms with Crippen molar-refractivity contribution in [1.82, 2.24) is 9.88 Å². The maximum Gasteiger partial charge on any atom is 0.126 e. The summed E-state index contributed by atoms with van der Waals surface area (Å²) in [5, 5.41) is 3.37. The van der Waals surface area contributed by atoms with Gasteiger partial charge in [0, 0.05) is 24.3 Å². The molecule has 1 saturated heterocycles. The van der Waals surface area contributed by atoms with Crippen LogP contribution in [-0.2, 0) is 0 Å². The number of thiocarbonyl (C=S) groups is 1. The summed E-state index contributed by atoms with van der Waals surface area (Å²) in [5.41, 5.74) is 6.48. The number of piperidine rings is 1. The highest BCUT2D eigenvalue weighted by Crippen LogP contribution is 2.13. The second-order valence-electron chi connectivity index (χ2n) is 5.12. The van der Waals surface area contributed by atoms with E-state index in [1.807, 2.05) is 12.1 Å². The maximum absolute atomic E-state index is 5.62. The van der Waals surface area contributed by atoms with E-state index in [4.69, 9.17) is 18.0 Å². The molecule has 0 saturated carbocycles. The number of anilines is 1. The first-order valence-corrected chi connectivity index (χ1v) is 7.31. The summed E-state index contributed by atoms with van der Waals surface area (Å²) in [5.74, 6) is 0.842. The molecule has 0 spiro atoms. The van der Waals surface area contributed by atoms with Crippen LogP contribution in [0.2, 0.25) is 0 Å². The van der Waals surface area contributed by atoms with Crippen LogP contribution in [0.15, 0.2) is 18.3 Å². The Bertz CT molecular complexity index is 429. The van der Waals surface area contributed by atoms with Gasteiger partial charge in [-0.15, -0.1) is 0 Å². The summed E-state index contributed by atoms with van der Waals surface area (Å²) < 4.78 is 0. The van der Waals surface area contributed by atoms with Crippen LogP contribution in [0.1, 0.15) is 31.7 Å². The molecule has 1 unspecified atom stereocenters. The van der Waals surface area contributed by atoms with Crippen molar-refractivity contribution in [3.05, 3.63) is 23.9 Å². The van der Waals surface area contributed by atoms with E-state index in [1.54, 1.807) is 6.20 Å². The summed E-state index contributed by atoms with van der Waals surface area (Å²) in [6.07, 6.45) is 5.75. The maximum atomic E-state index is 5.62. The van der Waals surface area contributed by atoms with Gasteiger partial charge in [0.05, 0.1) is 0 Å². The fraction of sp³-hybridized carbons (Fsp3) is 0.571. The van der Waals surface area contributed by atoms with E-state index >= 15 is 0 Å². The third kappa shape index (κ3) is 4.14. The fourth-order valence-corrected chi connectivity index (χ4v) is 2.55. The van der Waals surface area contributed by atoms with Gasteiger partial charge in [0.15, 0.2) is 0 Å². The Morgan fingerprint density at radius 1 is 1.47 bits per heavy atom. The number of likely N-dealkylation sites (tertiary alicyclic amines) is 1. The van der Waals surface area contributed by atoms with Crippen LogP contribution in [0.25, 0.3) is 0 Å². The number of hydrogen-bond donors (Lipinski definition) is 2. The van der Waals surface area contributed by atoms with Gasteiger partial charge in [0.25, 0.3) is 0 Å². The lowest BCUT2D eigenvalue weighted by atomic mass is 10.1. The number of nitrogens with one attached hydrogen (secondary N) is 1. The predicted octanol–water partition coefficient (Wildman–Crippen LogP) is 2.00. The quantitative estimate of drug-likeness (QED) is 0.807. The summed E-state index contributed by atoms with van der Waals surface area (Å²) in [6.45, 7) is 5.58. The lowest BCUT2D eigenvalue weighted by Crippen LogP contribution is -2.41. The molecule has 2 heterocycles. The first kappa shape index (κ1) is 14.2. The van der Waals surface area contributed by atoms with Crippen LogP contribution >= 0.6 is 12.2 Å². The molecule has 1 aliphatic heterocycles. The Labute approximate surface area is 120 Å². The molecular weight excluding hydrogens is 256 g/mol. The standard InChI is InChI=1S/C14H22N4S/c1-11(18-7-3-2-4-8-18)10-17-13-9-12(14(15)19)5-6-16-13/h5-6,9,11H,2-4,7-8,10H2,1H3,(H2,15,19)(H,16,17). The average Bonchev–Trinajstić information content (AvgIpc) is 2.46. The lowest BCUT2D eigenvalue weighted by Gasteiger charge is -2.32. The molecule has 5 heteroatoms. The molecule has 0 radical (unpaired) electrons. The van der Waals surface area contributed by atoms with E-state index in [-0.39, 0.29) is 0 Å². The van der Waals surface area contributed by atoms with Crippen LogP contribution in [0, 0.1) is 0 Å². The molecule has 0 bridgehead atoms. The van der Waals surface area contributed by atoms with E-state index < -0.39 is 0 Å². The third-order valence-corrected chi connectivity index (χ3v) is 3.87. The van der Waals surface area contributed by atoms with Crippen molar-refractivity contribution in [2.24, 2.45) is 5.73 Å². The minimum atomic E-state index is 0.412. The molecule has 19 heavy (non-hydrogen) atoms. The second-order valence-corrected chi connectivity index (χ2v) is 5.56. The molecule has 104 valence electrons. The lowest BCUT2D eigenvalue weighted by molar-refractivity contribution is 0.180. The van der Waals surface area contributed by atoms with E-state index in [0.717, 1.165) is 17.9 Å². The number of aromatic nitrogens is 1. The van der Waals surface area contributed by atoms with Gasteiger partial charge in [-0.3, -0.25) is 4.90 Å². The normalized spacial score (nSPS) is 17.9. The van der Waals surface area contributed by atoms with Crippen LogP contribution < -0.4 is 11.1 Å². The summed E-state index contributed by atoms with van der Waals surface area (Å²) >= 11 is 4.97. The Morgan fingerprint density at radius 3 is 2.89 bits per heavy atom. The monoisotopic (exact) mass is 278 g/mol. The molecule has 1 atom stereocenters. The molecule has 1 aliphatic rings. The van der Waals surface area contributed by atoms with Gasteiger partial charge in [0.1, 0.15) is 10.8 Å². The number of nitrogens with two attached hydrogens (primary N) is 1. The molecule has 0 amide bonds. The predicted molar refractivity (Wildman–Crippen MR) is 83.5 cm³/mol. The third-order valence-electron chi connectivity index (χ3n) is 3.64. The molecule has 3 N–H and O–H groups in total. The topological polar surface area (TPSA) is 54.2 Å². The minimum Gasteiger partial charge on any atom is -0.389 e. The number of nitrogens with zero attached hydrogens (tertiary/aromatic N) is 2. The zero-order valence-corrected chi connectivity index (χ0v) is 12.2. The zero-order chi connectivity index (χ0) is 13.7. The van der Waals surface area contributed by atoms with E-state index in [0.29, 0.717) is 11.0 Å².